The molecule has 0 bridgehead atoms. The SMILES string of the molecule is Cn1c(=O)c2cc(F)c(NC3CCC(N)CC3)nc2n1C. The van der Waals surface area contributed by atoms with Crippen molar-refractivity contribution in [1.29, 1.82) is 0 Å². The molecular weight excluding hydrogens is 273 g/mol. The standard InChI is InChI=1S/C14H20FN5O/c1-19-13-10(14(21)20(19)2)7-11(15)12(18-13)17-9-5-3-8(16)4-6-9/h7-9H,3-6,16H2,1-2H3,(H,17,18). The van der Waals surface area contributed by atoms with E-state index in [0.29, 0.717) is 11.0 Å². The Hall–Kier alpha value is -1.89. The van der Waals surface area contributed by atoms with E-state index in [0.717, 1.165) is 25.7 Å². The summed E-state index contributed by atoms with van der Waals surface area (Å²) in [5, 5.41) is 3.45. The number of pyridine rings is 1. The van der Waals surface area contributed by atoms with E-state index < -0.39 is 5.82 Å². The Morgan fingerprint density at radius 3 is 2.62 bits per heavy atom. The minimum Gasteiger partial charge on any atom is -0.365 e. The summed E-state index contributed by atoms with van der Waals surface area (Å²) >= 11 is 0. The molecule has 0 unspecified atom stereocenters. The van der Waals surface area contributed by atoms with Gasteiger partial charge in [-0.3, -0.25) is 14.2 Å². The van der Waals surface area contributed by atoms with Gasteiger partial charge in [-0.25, -0.2) is 9.37 Å². The largest absolute Gasteiger partial charge is 0.365 e. The number of nitrogens with one attached hydrogen (secondary N) is 1. The number of anilines is 1. The smallest absolute Gasteiger partial charge is 0.276 e. The molecule has 0 amide bonds. The van der Waals surface area contributed by atoms with Crippen LogP contribution < -0.4 is 16.6 Å². The summed E-state index contributed by atoms with van der Waals surface area (Å²) in [7, 11) is 3.37. The van der Waals surface area contributed by atoms with Crippen molar-refractivity contribution < 1.29 is 4.39 Å². The van der Waals surface area contributed by atoms with Crippen LogP contribution >= 0.6 is 0 Å². The first-order valence-electron chi connectivity index (χ1n) is 7.21. The Bertz CT molecular complexity index is 727. The molecule has 0 radical (unpaired) electrons. The second-order valence-corrected chi connectivity index (χ2v) is 5.80. The lowest BCUT2D eigenvalue weighted by Crippen LogP contribution is -2.33. The van der Waals surface area contributed by atoms with Gasteiger partial charge in [-0.2, -0.15) is 0 Å². The van der Waals surface area contributed by atoms with Crippen LogP contribution in [0.15, 0.2) is 10.9 Å². The van der Waals surface area contributed by atoms with E-state index >= 15 is 0 Å². The zero-order valence-corrected chi connectivity index (χ0v) is 12.3. The predicted molar refractivity (Wildman–Crippen MR) is 79.8 cm³/mol. The first-order valence-corrected chi connectivity index (χ1v) is 7.21. The molecule has 1 saturated carbocycles. The highest BCUT2D eigenvalue weighted by atomic mass is 19.1. The maximum absolute atomic E-state index is 14.2. The second-order valence-electron chi connectivity index (χ2n) is 5.80. The molecule has 114 valence electrons. The molecule has 7 heteroatoms. The lowest BCUT2D eigenvalue weighted by Gasteiger charge is -2.27. The molecule has 3 N–H and O–H groups in total. The molecule has 2 aromatic rings. The van der Waals surface area contributed by atoms with Crippen molar-refractivity contribution in [2.75, 3.05) is 5.32 Å². The number of halogens is 1. The summed E-state index contributed by atoms with van der Waals surface area (Å²) in [5.41, 5.74) is 6.12. The number of aryl methyl sites for hydroxylation is 1. The zero-order chi connectivity index (χ0) is 15.1. The molecule has 0 spiro atoms. The molecule has 21 heavy (non-hydrogen) atoms. The molecule has 0 atom stereocenters. The minimum absolute atomic E-state index is 0.185. The molecule has 3 rings (SSSR count). The number of rotatable bonds is 2. The molecule has 0 aliphatic heterocycles. The summed E-state index contributed by atoms with van der Waals surface area (Å²) in [4.78, 5) is 16.2. The molecule has 6 nitrogen and oxygen atoms in total. The average molecular weight is 293 g/mol. The van der Waals surface area contributed by atoms with Crippen LogP contribution in [0.4, 0.5) is 10.2 Å². The zero-order valence-electron chi connectivity index (χ0n) is 12.3. The fourth-order valence-electron chi connectivity index (χ4n) is 2.89. The normalized spacial score (nSPS) is 22.7. The minimum atomic E-state index is -0.485. The summed E-state index contributed by atoms with van der Waals surface area (Å²) in [5.74, 6) is -0.273. The molecule has 2 aromatic heterocycles. The van der Waals surface area contributed by atoms with Crippen LogP contribution in [0, 0.1) is 5.82 Å². The van der Waals surface area contributed by atoms with Crippen LogP contribution in [-0.2, 0) is 14.1 Å². The van der Waals surface area contributed by atoms with Crippen molar-refractivity contribution in [3.05, 3.63) is 22.2 Å². The summed E-state index contributed by atoms with van der Waals surface area (Å²) in [6, 6.07) is 1.70. The highest BCUT2D eigenvalue weighted by Crippen LogP contribution is 2.23. The number of fused-ring (bicyclic) bond motifs is 1. The van der Waals surface area contributed by atoms with Crippen molar-refractivity contribution in [3.63, 3.8) is 0 Å². The third kappa shape index (κ3) is 2.42. The fourth-order valence-corrected chi connectivity index (χ4v) is 2.89. The van der Waals surface area contributed by atoms with Crippen LogP contribution in [0.25, 0.3) is 11.0 Å². The van der Waals surface area contributed by atoms with Crippen LogP contribution in [0.2, 0.25) is 0 Å². The maximum Gasteiger partial charge on any atom is 0.276 e. The van der Waals surface area contributed by atoms with Gasteiger partial charge >= 0.3 is 0 Å². The molecule has 1 fully saturated rings. The van der Waals surface area contributed by atoms with Gasteiger partial charge in [0.15, 0.2) is 17.3 Å². The van der Waals surface area contributed by atoms with Gasteiger partial charge in [-0.15, -0.1) is 0 Å². The van der Waals surface area contributed by atoms with Gasteiger partial charge in [0.05, 0.1) is 5.39 Å². The van der Waals surface area contributed by atoms with E-state index in [2.05, 4.69) is 10.3 Å². The monoisotopic (exact) mass is 293 g/mol. The lowest BCUT2D eigenvalue weighted by atomic mass is 9.92. The summed E-state index contributed by atoms with van der Waals surface area (Å²) in [6.45, 7) is 0. The van der Waals surface area contributed by atoms with Crippen LogP contribution in [-0.4, -0.2) is 26.4 Å². The number of hydrogen-bond acceptors (Lipinski definition) is 4. The fraction of sp³-hybridized carbons (Fsp3) is 0.571. The van der Waals surface area contributed by atoms with Gasteiger partial charge < -0.3 is 11.1 Å². The highest BCUT2D eigenvalue weighted by Gasteiger charge is 2.21. The Morgan fingerprint density at radius 2 is 1.95 bits per heavy atom. The van der Waals surface area contributed by atoms with Crippen LogP contribution in [0.1, 0.15) is 25.7 Å². The first-order chi connectivity index (χ1) is 9.97. The van der Waals surface area contributed by atoms with Crippen LogP contribution in [0.5, 0.6) is 0 Å². The third-order valence-electron chi connectivity index (χ3n) is 4.35. The van der Waals surface area contributed by atoms with E-state index in [9.17, 15) is 9.18 Å². The van der Waals surface area contributed by atoms with Gasteiger partial charge in [0.25, 0.3) is 5.56 Å². The van der Waals surface area contributed by atoms with Gasteiger partial charge in [0.2, 0.25) is 0 Å². The van der Waals surface area contributed by atoms with Crippen molar-refractivity contribution in [3.8, 4) is 0 Å². The van der Waals surface area contributed by atoms with E-state index in [1.807, 2.05) is 0 Å². The topological polar surface area (TPSA) is 77.9 Å². The van der Waals surface area contributed by atoms with Gasteiger partial charge in [-0.05, 0) is 31.7 Å². The van der Waals surface area contributed by atoms with Crippen molar-refractivity contribution >= 4 is 16.9 Å². The molecule has 0 aromatic carbocycles. The van der Waals surface area contributed by atoms with E-state index in [4.69, 9.17) is 5.73 Å². The van der Waals surface area contributed by atoms with Gasteiger partial charge in [-0.1, -0.05) is 0 Å². The first kappa shape index (κ1) is 14.1. The second kappa shape index (κ2) is 5.14. The van der Waals surface area contributed by atoms with E-state index in [-0.39, 0.29) is 23.5 Å². The number of nitrogens with zero attached hydrogens (tertiary/aromatic N) is 3. The molecule has 1 aliphatic carbocycles. The Morgan fingerprint density at radius 1 is 1.29 bits per heavy atom. The number of nitrogens with two attached hydrogens (primary N) is 1. The van der Waals surface area contributed by atoms with E-state index in [1.54, 1.807) is 18.8 Å². The molecular formula is C14H20FN5O. The van der Waals surface area contributed by atoms with Crippen molar-refractivity contribution in [2.45, 2.75) is 37.8 Å². The maximum atomic E-state index is 14.2. The van der Waals surface area contributed by atoms with Gasteiger partial charge in [0.1, 0.15) is 0 Å². The quantitative estimate of drug-likeness (QED) is 0.869. The molecule has 1 aliphatic rings. The predicted octanol–water partition coefficient (Wildman–Crippen LogP) is 1.09. The third-order valence-corrected chi connectivity index (χ3v) is 4.35. The Kier molecular flexibility index (Phi) is 3.44. The van der Waals surface area contributed by atoms with Crippen molar-refractivity contribution in [2.24, 2.45) is 19.8 Å². The number of aromatic nitrogens is 3. The van der Waals surface area contributed by atoms with Gasteiger partial charge in [0, 0.05) is 26.2 Å². The number of hydrogen-bond donors (Lipinski definition) is 2. The highest BCUT2D eigenvalue weighted by molar-refractivity contribution is 5.76. The Labute approximate surface area is 121 Å². The lowest BCUT2D eigenvalue weighted by molar-refractivity contribution is 0.409. The molecule has 0 saturated heterocycles. The molecule has 2 heterocycles. The van der Waals surface area contributed by atoms with Crippen molar-refractivity contribution in [1.82, 2.24) is 14.3 Å². The van der Waals surface area contributed by atoms with Crippen LogP contribution in [0.3, 0.4) is 0 Å². The summed E-state index contributed by atoms with van der Waals surface area (Å²) in [6.07, 6.45) is 3.69. The summed E-state index contributed by atoms with van der Waals surface area (Å²) < 4.78 is 17.2. The Balaban J connectivity index is 1.94. The average Bonchev–Trinajstić information content (AvgIpc) is 2.67. The van der Waals surface area contributed by atoms with E-state index in [1.165, 1.54) is 10.7 Å².